The standard InChI is InChI=1S/C28H21N3O2S3/c1-19-11-13-21(14-12-19)25-17-22(20-7-3-2-4-8-20)23(18-29)27(30-25)34-15-16-36(32,33)28-31-24-9-5-6-10-26(24)35-28/h2-14,17H,15-16H2,1H3. The van der Waals surface area contributed by atoms with E-state index in [0.29, 0.717) is 16.1 Å². The van der Waals surface area contributed by atoms with Crippen LogP contribution >= 0.6 is 23.1 Å². The zero-order valence-electron chi connectivity index (χ0n) is 19.4. The van der Waals surface area contributed by atoms with Crippen molar-refractivity contribution in [2.75, 3.05) is 11.5 Å². The summed E-state index contributed by atoms with van der Waals surface area (Å²) in [7, 11) is -3.57. The molecule has 5 rings (SSSR count). The van der Waals surface area contributed by atoms with Crippen molar-refractivity contribution in [3.8, 4) is 28.5 Å². The number of nitriles is 1. The molecule has 178 valence electrons. The highest BCUT2D eigenvalue weighted by Crippen LogP contribution is 2.35. The Bertz CT molecular complexity index is 1660. The van der Waals surface area contributed by atoms with Gasteiger partial charge < -0.3 is 0 Å². The molecule has 0 saturated heterocycles. The summed E-state index contributed by atoms with van der Waals surface area (Å²) in [4.78, 5) is 9.10. The van der Waals surface area contributed by atoms with Crippen LogP contribution in [-0.2, 0) is 9.84 Å². The third kappa shape index (κ3) is 5.05. The topological polar surface area (TPSA) is 83.7 Å². The average molecular weight is 528 g/mol. The molecule has 5 nitrogen and oxygen atoms in total. The largest absolute Gasteiger partial charge is 0.240 e. The number of thioether (sulfide) groups is 1. The lowest BCUT2D eigenvalue weighted by atomic mass is 9.99. The first kappa shape index (κ1) is 24.2. The Morgan fingerprint density at radius 3 is 2.36 bits per heavy atom. The quantitative estimate of drug-likeness (QED) is 0.217. The summed E-state index contributed by atoms with van der Waals surface area (Å²) in [5.41, 5.74) is 5.63. The van der Waals surface area contributed by atoms with E-state index >= 15 is 0 Å². The highest BCUT2D eigenvalue weighted by Gasteiger charge is 2.21. The van der Waals surface area contributed by atoms with Gasteiger partial charge in [-0.15, -0.1) is 23.1 Å². The van der Waals surface area contributed by atoms with Crippen LogP contribution in [0, 0.1) is 18.3 Å². The molecule has 2 heterocycles. The highest BCUT2D eigenvalue weighted by molar-refractivity contribution is 8.01. The van der Waals surface area contributed by atoms with Gasteiger partial charge in [0, 0.05) is 16.9 Å². The Labute approximate surface area is 218 Å². The van der Waals surface area contributed by atoms with Gasteiger partial charge in [-0.1, -0.05) is 72.3 Å². The Kier molecular flexibility index (Phi) is 6.88. The number of fused-ring (bicyclic) bond motifs is 1. The maximum atomic E-state index is 13.0. The van der Waals surface area contributed by atoms with E-state index in [9.17, 15) is 13.7 Å². The summed E-state index contributed by atoms with van der Waals surface area (Å²) in [6.45, 7) is 2.03. The van der Waals surface area contributed by atoms with Crippen LogP contribution in [0.4, 0.5) is 0 Å². The fourth-order valence-electron chi connectivity index (χ4n) is 3.77. The van der Waals surface area contributed by atoms with Gasteiger partial charge in [-0.25, -0.2) is 18.4 Å². The van der Waals surface area contributed by atoms with Crippen molar-refractivity contribution in [2.24, 2.45) is 0 Å². The Morgan fingerprint density at radius 2 is 1.64 bits per heavy atom. The van der Waals surface area contributed by atoms with Crippen LogP contribution in [0.2, 0.25) is 0 Å². The third-order valence-corrected chi connectivity index (χ3v) is 10.1. The molecule has 0 amide bonds. The average Bonchev–Trinajstić information content (AvgIpc) is 3.35. The van der Waals surface area contributed by atoms with Gasteiger partial charge in [-0.2, -0.15) is 5.26 Å². The van der Waals surface area contributed by atoms with E-state index in [1.165, 1.54) is 23.1 Å². The molecule has 0 atom stereocenters. The number of thiazole rings is 1. The van der Waals surface area contributed by atoms with E-state index in [1.54, 1.807) is 0 Å². The minimum atomic E-state index is -3.57. The molecule has 0 bridgehead atoms. The summed E-state index contributed by atoms with van der Waals surface area (Å²) >= 11 is 2.47. The van der Waals surface area contributed by atoms with E-state index < -0.39 is 9.84 Å². The predicted molar refractivity (Wildman–Crippen MR) is 147 cm³/mol. The van der Waals surface area contributed by atoms with Crippen LogP contribution in [0.25, 0.3) is 32.6 Å². The van der Waals surface area contributed by atoms with Crippen molar-refractivity contribution in [2.45, 2.75) is 16.3 Å². The van der Waals surface area contributed by atoms with Crippen molar-refractivity contribution in [3.63, 3.8) is 0 Å². The lowest BCUT2D eigenvalue weighted by molar-refractivity contribution is 0.597. The number of hydrogen-bond acceptors (Lipinski definition) is 7. The number of para-hydroxylation sites is 1. The summed E-state index contributed by atoms with van der Waals surface area (Å²) in [5.74, 6) is 0.158. The van der Waals surface area contributed by atoms with Crippen molar-refractivity contribution in [1.29, 1.82) is 5.26 Å². The third-order valence-electron chi connectivity index (χ3n) is 5.66. The van der Waals surface area contributed by atoms with Crippen LogP contribution in [-0.4, -0.2) is 29.9 Å². The maximum absolute atomic E-state index is 13.0. The maximum Gasteiger partial charge on any atom is 0.210 e. The predicted octanol–water partition coefficient (Wildman–Crippen LogP) is 6.77. The summed E-state index contributed by atoms with van der Waals surface area (Å²) in [5, 5.41) is 10.6. The second kappa shape index (κ2) is 10.2. The molecule has 0 aliphatic carbocycles. The number of aromatic nitrogens is 2. The molecule has 0 saturated carbocycles. The molecule has 0 radical (unpaired) electrons. The van der Waals surface area contributed by atoms with Crippen LogP contribution < -0.4 is 0 Å². The number of nitrogens with zero attached hydrogens (tertiary/aromatic N) is 3. The van der Waals surface area contributed by atoms with E-state index in [1.807, 2.05) is 91.9 Å². The highest BCUT2D eigenvalue weighted by atomic mass is 32.2. The normalized spacial score (nSPS) is 11.4. The zero-order chi connectivity index (χ0) is 25.1. The second-order valence-corrected chi connectivity index (χ2v) is 12.6. The van der Waals surface area contributed by atoms with Gasteiger partial charge in [-0.05, 0) is 30.7 Å². The Morgan fingerprint density at radius 1 is 0.917 bits per heavy atom. The molecule has 5 aromatic rings. The smallest absolute Gasteiger partial charge is 0.210 e. The van der Waals surface area contributed by atoms with E-state index in [2.05, 4.69) is 11.1 Å². The SMILES string of the molecule is Cc1ccc(-c2cc(-c3ccccc3)c(C#N)c(SCCS(=O)(=O)c3nc4ccccc4s3)n2)cc1. The summed E-state index contributed by atoms with van der Waals surface area (Å²) < 4.78 is 27.0. The number of aryl methyl sites for hydroxylation is 1. The molecule has 0 N–H and O–H groups in total. The van der Waals surface area contributed by atoms with Gasteiger partial charge in [0.05, 0.1) is 27.2 Å². The van der Waals surface area contributed by atoms with Crippen molar-refractivity contribution >= 4 is 43.2 Å². The van der Waals surface area contributed by atoms with Gasteiger partial charge in [-0.3, -0.25) is 0 Å². The molecule has 0 unspecified atom stereocenters. The number of benzene rings is 3. The minimum absolute atomic E-state index is 0.0978. The number of pyridine rings is 1. The molecule has 0 spiro atoms. The Balaban J connectivity index is 1.48. The van der Waals surface area contributed by atoms with Gasteiger partial charge in [0.2, 0.25) is 14.2 Å². The fourth-order valence-corrected chi connectivity index (χ4v) is 7.77. The number of hydrogen-bond donors (Lipinski definition) is 0. The number of sulfone groups is 1. The second-order valence-electron chi connectivity index (χ2n) is 8.19. The Hall–Kier alpha value is -3.51. The van der Waals surface area contributed by atoms with Crippen molar-refractivity contribution < 1.29 is 8.42 Å². The monoisotopic (exact) mass is 527 g/mol. The lowest BCUT2D eigenvalue weighted by Crippen LogP contribution is -2.09. The van der Waals surface area contributed by atoms with Gasteiger partial charge >= 0.3 is 0 Å². The van der Waals surface area contributed by atoms with E-state index in [0.717, 1.165) is 32.6 Å². The van der Waals surface area contributed by atoms with Gasteiger partial charge in [0.15, 0.2) is 0 Å². The van der Waals surface area contributed by atoms with Crippen molar-refractivity contribution in [1.82, 2.24) is 9.97 Å². The lowest BCUT2D eigenvalue weighted by Gasteiger charge is -2.13. The van der Waals surface area contributed by atoms with E-state index in [-0.39, 0.29) is 15.8 Å². The molecular formula is C28H21N3O2S3. The van der Waals surface area contributed by atoms with Gasteiger partial charge in [0.25, 0.3) is 0 Å². The molecular weight excluding hydrogens is 507 g/mol. The first-order chi connectivity index (χ1) is 17.4. The van der Waals surface area contributed by atoms with E-state index in [4.69, 9.17) is 4.98 Å². The van der Waals surface area contributed by atoms with Crippen molar-refractivity contribution in [3.05, 3.63) is 96.1 Å². The molecule has 8 heteroatoms. The summed E-state index contributed by atoms with van der Waals surface area (Å²) in [6.07, 6.45) is 0. The van der Waals surface area contributed by atoms with Crippen LogP contribution in [0.1, 0.15) is 11.1 Å². The minimum Gasteiger partial charge on any atom is -0.240 e. The molecule has 0 aliphatic heterocycles. The molecule has 0 fully saturated rings. The molecule has 0 aliphatic rings. The zero-order valence-corrected chi connectivity index (χ0v) is 21.8. The number of rotatable bonds is 7. The van der Waals surface area contributed by atoms with Gasteiger partial charge in [0.1, 0.15) is 11.1 Å². The summed E-state index contributed by atoms with van der Waals surface area (Å²) in [6, 6.07) is 29.4. The first-order valence-electron chi connectivity index (χ1n) is 11.2. The molecule has 2 aromatic heterocycles. The molecule has 3 aromatic carbocycles. The van der Waals surface area contributed by atoms with Crippen LogP contribution in [0.15, 0.2) is 94.3 Å². The fraction of sp³-hybridized carbons (Fsp3) is 0.107. The molecule has 36 heavy (non-hydrogen) atoms. The van der Waals surface area contributed by atoms with Crippen LogP contribution in [0.3, 0.4) is 0 Å². The van der Waals surface area contributed by atoms with Crippen LogP contribution in [0.5, 0.6) is 0 Å². The first-order valence-corrected chi connectivity index (χ1v) is 14.7.